The fraction of sp³-hybridized carbons (Fsp3) is 0.818. The van der Waals surface area contributed by atoms with E-state index in [9.17, 15) is 4.79 Å². The molecule has 1 atom stereocenters. The van der Waals surface area contributed by atoms with E-state index in [1.165, 1.54) is 7.11 Å². The van der Waals surface area contributed by atoms with Crippen molar-refractivity contribution in [2.75, 3.05) is 20.2 Å². The van der Waals surface area contributed by atoms with E-state index in [-0.39, 0.29) is 12.0 Å². The Kier molecular flexibility index (Phi) is 7.65. The number of nitrogens with zero attached hydrogens (tertiary/aromatic N) is 2. The Hall–Kier alpha value is -1.08. The van der Waals surface area contributed by atoms with Gasteiger partial charge in [-0.2, -0.15) is 5.26 Å². The van der Waals surface area contributed by atoms with Gasteiger partial charge in [0.2, 0.25) is 0 Å². The maximum Gasteiger partial charge on any atom is 0.306 e. The lowest BCUT2D eigenvalue weighted by Gasteiger charge is -2.27. The smallest absolute Gasteiger partial charge is 0.306 e. The number of carbonyl (C=O) groups excluding carboxylic acids is 1. The van der Waals surface area contributed by atoms with E-state index in [0.29, 0.717) is 19.4 Å². The summed E-state index contributed by atoms with van der Waals surface area (Å²) in [5.74, 6) is -0.194. The molecular formula is C11H20N2O2. The monoisotopic (exact) mass is 212 g/mol. The van der Waals surface area contributed by atoms with E-state index < -0.39 is 0 Å². The average molecular weight is 212 g/mol. The van der Waals surface area contributed by atoms with Gasteiger partial charge in [-0.05, 0) is 13.0 Å². The molecule has 0 aliphatic heterocycles. The van der Waals surface area contributed by atoms with E-state index in [0.717, 1.165) is 13.0 Å². The maximum atomic E-state index is 11.0. The van der Waals surface area contributed by atoms with Gasteiger partial charge in [-0.1, -0.05) is 13.8 Å². The van der Waals surface area contributed by atoms with Gasteiger partial charge in [-0.25, -0.2) is 0 Å². The maximum absolute atomic E-state index is 11.0. The summed E-state index contributed by atoms with van der Waals surface area (Å²) >= 11 is 0. The van der Waals surface area contributed by atoms with Crippen LogP contribution in [-0.2, 0) is 9.53 Å². The summed E-state index contributed by atoms with van der Waals surface area (Å²) in [7, 11) is 1.39. The number of esters is 1. The van der Waals surface area contributed by atoms with Crippen molar-refractivity contribution in [2.45, 2.75) is 39.2 Å². The Morgan fingerprint density at radius 3 is 2.60 bits per heavy atom. The lowest BCUT2D eigenvalue weighted by Crippen LogP contribution is -2.36. The van der Waals surface area contributed by atoms with Crippen molar-refractivity contribution in [3.05, 3.63) is 0 Å². The lowest BCUT2D eigenvalue weighted by atomic mass is 10.1. The first-order chi connectivity index (χ1) is 7.19. The number of nitriles is 1. The van der Waals surface area contributed by atoms with E-state index in [1.807, 2.05) is 6.92 Å². The summed E-state index contributed by atoms with van der Waals surface area (Å²) in [6, 6.07) is 2.43. The Morgan fingerprint density at radius 1 is 1.53 bits per heavy atom. The first-order valence-electron chi connectivity index (χ1n) is 5.37. The minimum Gasteiger partial charge on any atom is -0.469 e. The molecule has 1 unspecified atom stereocenters. The third-order valence-corrected chi connectivity index (χ3v) is 2.55. The average Bonchev–Trinajstić information content (AvgIpc) is 2.27. The Morgan fingerprint density at radius 2 is 2.20 bits per heavy atom. The highest BCUT2D eigenvalue weighted by molar-refractivity contribution is 5.69. The Bertz CT molecular complexity index is 223. The molecule has 0 amide bonds. The van der Waals surface area contributed by atoms with Crippen LogP contribution in [0.3, 0.4) is 0 Å². The number of rotatable bonds is 7. The predicted molar refractivity (Wildman–Crippen MR) is 58.2 cm³/mol. The minimum absolute atomic E-state index is 0.194. The van der Waals surface area contributed by atoms with Crippen LogP contribution in [0.15, 0.2) is 0 Å². The molecule has 4 heteroatoms. The third kappa shape index (κ3) is 5.38. The number of hydrogen-bond donors (Lipinski definition) is 0. The molecule has 0 heterocycles. The van der Waals surface area contributed by atoms with Gasteiger partial charge in [0.05, 0.1) is 26.0 Å². The van der Waals surface area contributed by atoms with Gasteiger partial charge in [0.15, 0.2) is 0 Å². The molecule has 0 rings (SSSR count). The van der Waals surface area contributed by atoms with Crippen LogP contribution >= 0.6 is 0 Å². The van der Waals surface area contributed by atoms with Gasteiger partial charge in [0.1, 0.15) is 0 Å². The summed E-state index contributed by atoms with van der Waals surface area (Å²) in [5, 5.41) is 8.67. The highest BCUT2D eigenvalue weighted by atomic mass is 16.5. The molecule has 15 heavy (non-hydrogen) atoms. The van der Waals surface area contributed by atoms with Crippen LogP contribution in [0.1, 0.15) is 33.1 Å². The summed E-state index contributed by atoms with van der Waals surface area (Å²) in [6.45, 7) is 5.63. The number of methoxy groups -OCH3 is 1. The number of carbonyl (C=O) groups is 1. The largest absolute Gasteiger partial charge is 0.469 e. The van der Waals surface area contributed by atoms with Crippen molar-refractivity contribution in [3.8, 4) is 6.07 Å². The van der Waals surface area contributed by atoms with Crippen LogP contribution in [0.2, 0.25) is 0 Å². The fourth-order valence-corrected chi connectivity index (χ4v) is 1.57. The molecule has 0 aromatic rings. The second-order valence-electron chi connectivity index (χ2n) is 3.38. The van der Waals surface area contributed by atoms with Crippen molar-refractivity contribution in [2.24, 2.45) is 0 Å². The second-order valence-corrected chi connectivity index (χ2v) is 3.38. The molecule has 0 radical (unpaired) electrons. The molecule has 0 saturated heterocycles. The summed E-state index contributed by atoms with van der Waals surface area (Å²) < 4.78 is 4.59. The zero-order valence-corrected chi connectivity index (χ0v) is 9.82. The summed E-state index contributed by atoms with van der Waals surface area (Å²) in [5.41, 5.74) is 0. The van der Waals surface area contributed by atoms with Crippen LogP contribution < -0.4 is 0 Å². The van der Waals surface area contributed by atoms with Crippen molar-refractivity contribution in [1.29, 1.82) is 5.26 Å². The topological polar surface area (TPSA) is 53.3 Å². The molecule has 4 nitrogen and oxygen atoms in total. The van der Waals surface area contributed by atoms with Crippen LogP contribution in [0.25, 0.3) is 0 Å². The molecule has 0 aliphatic rings. The highest BCUT2D eigenvalue weighted by Gasteiger charge is 2.15. The SMILES string of the molecule is CCC(CC#N)N(CC)CCC(=O)OC. The second kappa shape index (κ2) is 8.25. The van der Waals surface area contributed by atoms with Crippen molar-refractivity contribution >= 4 is 5.97 Å². The van der Waals surface area contributed by atoms with E-state index in [4.69, 9.17) is 5.26 Å². The molecule has 0 aromatic heterocycles. The van der Waals surface area contributed by atoms with E-state index >= 15 is 0 Å². The van der Waals surface area contributed by atoms with Gasteiger partial charge in [0, 0.05) is 12.6 Å². The minimum atomic E-state index is -0.194. The number of hydrogen-bond acceptors (Lipinski definition) is 4. The standard InChI is InChI=1S/C11H20N2O2/c1-4-10(6-8-12)13(5-2)9-7-11(14)15-3/h10H,4-7,9H2,1-3H3. The molecule has 0 spiro atoms. The summed E-state index contributed by atoms with van der Waals surface area (Å²) in [6.07, 6.45) is 1.85. The van der Waals surface area contributed by atoms with E-state index in [1.54, 1.807) is 0 Å². The van der Waals surface area contributed by atoms with Gasteiger partial charge in [0.25, 0.3) is 0 Å². The molecule has 86 valence electrons. The molecule has 0 saturated carbocycles. The highest BCUT2D eigenvalue weighted by Crippen LogP contribution is 2.08. The molecule has 0 fully saturated rings. The Balaban J connectivity index is 4.09. The first kappa shape index (κ1) is 13.9. The fourth-order valence-electron chi connectivity index (χ4n) is 1.57. The van der Waals surface area contributed by atoms with Crippen LogP contribution in [-0.4, -0.2) is 37.1 Å². The lowest BCUT2D eigenvalue weighted by molar-refractivity contribution is -0.141. The van der Waals surface area contributed by atoms with Crippen molar-refractivity contribution < 1.29 is 9.53 Å². The molecule has 0 bridgehead atoms. The molecule has 0 aromatic carbocycles. The quantitative estimate of drug-likeness (QED) is 0.601. The normalized spacial score (nSPS) is 12.2. The van der Waals surface area contributed by atoms with Gasteiger partial charge in [-0.3, -0.25) is 9.69 Å². The zero-order chi connectivity index (χ0) is 11.7. The van der Waals surface area contributed by atoms with Crippen LogP contribution in [0.4, 0.5) is 0 Å². The first-order valence-corrected chi connectivity index (χ1v) is 5.37. The molecular weight excluding hydrogens is 192 g/mol. The van der Waals surface area contributed by atoms with Gasteiger partial charge < -0.3 is 4.74 Å². The summed E-state index contributed by atoms with van der Waals surface area (Å²) in [4.78, 5) is 13.1. The van der Waals surface area contributed by atoms with Crippen LogP contribution in [0.5, 0.6) is 0 Å². The molecule has 0 N–H and O–H groups in total. The number of ether oxygens (including phenoxy) is 1. The molecule has 0 aliphatic carbocycles. The van der Waals surface area contributed by atoms with Crippen molar-refractivity contribution in [3.63, 3.8) is 0 Å². The van der Waals surface area contributed by atoms with Crippen LogP contribution in [0, 0.1) is 11.3 Å². The van der Waals surface area contributed by atoms with Crippen molar-refractivity contribution in [1.82, 2.24) is 4.90 Å². The van der Waals surface area contributed by atoms with Gasteiger partial charge >= 0.3 is 5.97 Å². The van der Waals surface area contributed by atoms with E-state index in [2.05, 4.69) is 22.6 Å². The zero-order valence-electron chi connectivity index (χ0n) is 9.82. The predicted octanol–water partition coefficient (Wildman–Crippen LogP) is 1.56. The van der Waals surface area contributed by atoms with Gasteiger partial charge in [-0.15, -0.1) is 0 Å². The third-order valence-electron chi connectivity index (χ3n) is 2.55. The Labute approximate surface area is 91.8 Å².